The van der Waals surface area contributed by atoms with E-state index in [9.17, 15) is 9.18 Å². The Kier molecular flexibility index (Phi) is 10.0. The van der Waals surface area contributed by atoms with E-state index in [2.05, 4.69) is 28.8 Å². The molecule has 1 amide bonds. The van der Waals surface area contributed by atoms with Crippen LogP contribution in [0.5, 0.6) is 0 Å². The quantitative estimate of drug-likeness (QED) is 0.610. The maximum atomic E-state index is 13.7. The van der Waals surface area contributed by atoms with Crippen molar-refractivity contribution in [3.63, 3.8) is 0 Å². The number of hydrogen-bond acceptors (Lipinski definition) is 6. The molecule has 0 N–H and O–H groups in total. The molecule has 1 saturated heterocycles. The summed E-state index contributed by atoms with van der Waals surface area (Å²) in [5, 5.41) is 0. The average Bonchev–Trinajstić information content (AvgIpc) is 2.83. The van der Waals surface area contributed by atoms with Crippen LogP contribution < -0.4 is 0 Å². The summed E-state index contributed by atoms with van der Waals surface area (Å²) in [5.74, 6) is -0.128. The van der Waals surface area contributed by atoms with Gasteiger partial charge in [-0.15, -0.1) is 0 Å². The van der Waals surface area contributed by atoms with Crippen LogP contribution >= 0.6 is 0 Å². The van der Waals surface area contributed by atoms with Crippen molar-refractivity contribution in [2.24, 2.45) is 4.99 Å². The average molecular weight is 431 g/mol. The summed E-state index contributed by atoms with van der Waals surface area (Å²) in [5.41, 5.74) is 1.93. The molecule has 2 heterocycles. The van der Waals surface area contributed by atoms with Crippen LogP contribution in [-0.4, -0.2) is 53.0 Å². The van der Waals surface area contributed by atoms with Gasteiger partial charge in [0.05, 0.1) is 25.0 Å². The fraction of sp³-hybridized carbons (Fsp3) is 0.478. The molecule has 0 saturated carbocycles. The lowest BCUT2D eigenvalue weighted by molar-refractivity contribution is 0.00313. The van der Waals surface area contributed by atoms with Crippen LogP contribution in [0.1, 0.15) is 51.3 Å². The van der Waals surface area contributed by atoms with Gasteiger partial charge >= 0.3 is 6.09 Å². The van der Waals surface area contributed by atoms with Gasteiger partial charge in [-0.3, -0.25) is 4.99 Å². The summed E-state index contributed by atoms with van der Waals surface area (Å²) in [7, 11) is 0. The fourth-order valence-electron chi connectivity index (χ4n) is 2.95. The summed E-state index contributed by atoms with van der Waals surface area (Å²) in [6, 6.07) is 6.23. The van der Waals surface area contributed by atoms with Gasteiger partial charge < -0.3 is 14.4 Å². The third kappa shape index (κ3) is 7.10. The van der Waals surface area contributed by atoms with Gasteiger partial charge in [0.1, 0.15) is 30.5 Å². The molecule has 2 atom stereocenters. The Bertz CT molecular complexity index is 862. The molecule has 1 aliphatic rings. The highest BCUT2D eigenvalue weighted by Gasteiger charge is 2.24. The molecule has 3 rings (SSSR count). The number of hydrogen-bond donors (Lipinski definition) is 0. The van der Waals surface area contributed by atoms with Crippen molar-refractivity contribution in [3.05, 3.63) is 53.9 Å². The maximum absolute atomic E-state index is 13.7. The van der Waals surface area contributed by atoms with E-state index in [1.807, 2.05) is 13.8 Å². The zero-order valence-corrected chi connectivity index (χ0v) is 18.6. The first-order chi connectivity index (χ1) is 15.1. The Morgan fingerprint density at radius 2 is 2.19 bits per heavy atom. The zero-order chi connectivity index (χ0) is 22.6. The van der Waals surface area contributed by atoms with E-state index in [4.69, 9.17) is 9.47 Å². The lowest BCUT2D eigenvalue weighted by Crippen LogP contribution is -2.46. The number of aromatic nitrogens is 2. The summed E-state index contributed by atoms with van der Waals surface area (Å²) in [6.07, 6.45) is 4.94. The van der Waals surface area contributed by atoms with Crippen molar-refractivity contribution in [1.29, 1.82) is 0 Å². The number of nitrogens with zero attached hydrogens (tertiary/aromatic N) is 4. The second-order valence-electron chi connectivity index (χ2n) is 6.88. The van der Waals surface area contributed by atoms with Gasteiger partial charge in [0.15, 0.2) is 0 Å². The highest BCUT2D eigenvalue weighted by atomic mass is 19.1. The third-order valence-electron chi connectivity index (χ3n) is 4.84. The number of carbonyl (C=O) groups is 1. The minimum atomic E-state index is -0.502. The predicted molar refractivity (Wildman–Crippen MR) is 118 cm³/mol. The monoisotopic (exact) mass is 430 g/mol. The molecule has 31 heavy (non-hydrogen) atoms. The van der Waals surface area contributed by atoms with Crippen LogP contribution in [0.4, 0.5) is 14.9 Å². The summed E-state index contributed by atoms with van der Waals surface area (Å²) < 4.78 is 24.6. The Morgan fingerprint density at radius 3 is 2.94 bits per heavy atom. The summed E-state index contributed by atoms with van der Waals surface area (Å²) >= 11 is 0. The molecular weight excluding hydrogens is 399 g/mol. The van der Waals surface area contributed by atoms with E-state index >= 15 is 0 Å². The van der Waals surface area contributed by atoms with E-state index in [0.717, 1.165) is 12.1 Å². The molecule has 0 aliphatic carbocycles. The van der Waals surface area contributed by atoms with Crippen LogP contribution in [0.2, 0.25) is 0 Å². The van der Waals surface area contributed by atoms with Crippen molar-refractivity contribution >= 4 is 18.0 Å². The van der Waals surface area contributed by atoms with E-state index in [1.165, 1.54) is 17.3 Å². The number of carbonyl (C=O) groups excluding carboxylic acids is 1. The molecule has 1 aromatic heterocycles. The Balaban J connectivity index is 0.00000166. The van der Waals surface area contributed by atoms with Gasteiger partial charge in [0, 0.05) is 24.2 Å². The highest BCUT2D eigenvalue weighted by Crippen LogP contribution is 2.25. The number of morpholine rings is 1. The molecular formula is C23H31FN4O3. The van der Waals surface area contributed by atoms with E-state index in [1.54, 1.807) is 30.6 Å². The van der Waals surface area contributed by atoms with Crippen molar-refractivity contribution in [3.8, 4) is 0 Å². The first-order valence-electron chi connectivity index (χ1n) is 10.7. The highest BCUT2D eigenvalue weighted by molar-refractivity contribution is 5.72. The molecule has 1 unspecified atom stereocenters. The van der Waals surface area contributed by atoms with Gasteiger partial charge in [-0.25, -0.2) is 19.2 Å². The minimum Gasteiger partial charge on any atom is -0.444 e. The molecule has 0 radical (unpaired) electrons. The molecule has 168 valence electrons. The van der Waals surface area contributed by atoms with Crippen LogP contribution in [0, 0.1) is 5.82 Å². The van der Waals surface area contributed by atoms with Gasteiger partial charge in [0.25, 0.3) is 0 Å². The molecule has 0 spiro atoms. The van der Waals surface area contributed by atoms with Crippen LogP contribution in [-0.2, 0) is 16.1 Å². The fourth-order valence-corrected chi connectivity index (χ4v) is 2.95. The lowest BCUT2D eigenvalue weighted by Gasteiger charge is -2.30. The second kappa shape index (κ2) is 12.7. The SMILES string of the molecule is CC.CCC(C)c1ncncc1N=C[C@@H]1CN(C(=O)OCc2ccccc2F)CCO1. The number of amides is 1. The standard InChI is InChI=1S/C21H25FN4O3.C2H6/c1-3-15(2)20-19(11-23-14-25-20)24-10-17-12-26(8-9-28-17)21(27)29-13-16-6-4-5-7-18(16)22;1-2/h4-7,10-11,14-15,17H,3,8-9,12-13H2,1-2H3;1-2H3/t15?,17-;/m1./s1. The minimum absolute atomic E-state index is 0.110. The predicted octanol–water partition coefficient (Wildman–Crippen LogP) is 4.90. The lowest BCUT2D eigenvalue weighted by atomic mass is 10.0. The smallest absolute Gasteiger partial charge is 0.410 e. The van der Waals surface area contributed by atoms with E-state index in [-0.39, 0.29) is 18.6 Å². The Hall–Kier alpha value is -2.87. The van der Waals surface area contributed by atoms with Gasteiger partial charge in [-0.2, -0.15) is 0 Å². The molecule has 1 fully saturated rings. The molecule has 8 heteroatoms. The van der Waals surface area contributed by atoms with Crippen molar-refractivity contribution < 1.29 is 18.7 Å². The molecule has 2 aromatic rings. The molecule has 7 nitrogen and oxygen atoms in total. The summed E-state index contributed by atoms with van der Waals surface area (Å²) in [4.78, 5) is 26.8. The maximum Gasteiger partial charge on any atom is 0.410 e. The van der Waals surface area contributed by atoms with Gasteiger partial charge in [0.2, 0.25) is 0 Å². The Morgan fingerprint density at radius 1 is 1.42 bits per heavy atom. The number of rotatable bonds is 6. The first-order valence-corrected chi connectivity index (χ1v) is 10.7. The number of ether oxygens (including phenoxy) is 2. The first kappa shape index (κ1) is 24.4. The second-order valence-corrected chi connectivity index (χ2v) is 6.88. The van der Waals surface area contributed by atoms with Crippen molar-refractivity contribution in [1.82, 2.24) is 14.9 Å². The van der Waals surface area contributed by atoms with E-state index < -0.39 is 11.9 Å². The topological polar surface area (TPSA) is 76.9 Å². The van der Waals surface area contributed by atoms with Crippen LogP contribution in [0.15, 0.2) is 41.8 Å². The number of benzene rings is 1. The number of halogens is 1. The van der Waals surface area contributed by atoms with Crippen molar-refractivity contribution in [2.45, 2.75) is 52.7 Å². The normalized spacial score (nSPS) is 17.1. The largest absolute Gasteiger partial charge is 0.444 e. The van der Waals surface area contributed by atoms with Gasteiger partial charge in [-0.1, -0.05) is 45.9 Å². The van der Waals surface area contributed by atoms with Gasteiger partial charge in [-0.05, 0) is 12.5 Å². The molecule has 1 aliphatic heterocycles. The van der Waals surface area contributed by atoms with Crippen LogP contribution in [0.3, 0.4) is 0 Å². The van der Waals surface area contributed by atoms with Crippen molar-refractivity contribution in [2.75, 3.05) is 19.7 Å². The third-order valence-corrected chi connectivity index (χ3v) is 4.84. The molecule has 1 aromatic carbocycles. The summed E-state index contributed by atoms with van der Waals surface area (Å²) in [6.45, 7) is 9.16. The molecule has 0 bridgehead atoms. The Labute approximate surface area is 183 Å². The zero-order valence-electron chi connectivity index (χ0n) is 18.6. The van der Waals surface area contributed by atoms with Crippen LogP contribution in [0.25, 0.3) is 0 Å². The number of aliphatic imine (C=N–C) groups is 1. The van der Waals surface area contributed by atoms with E-state index in [0.29, 0.717) is 30.9 Å².